The van der Waals surface area contributed by atoms with E-state index in [0.717, 1.165) is 11.1 Å². The van der Waals surface area contributed by atoms with Gasteiger partial charge in [-0.3, -0.25) is 0 Å². The molecule has 0 saturated carbocycles. The van der Waals surface area contributed by atoms with Crippen molar-refractivity contribution in [3.8, 4) is 0 Å². The van der Waals surface area contributed by atoms with E-state index >= 15 is 0 Å². The SMILES string of the molecule is CC(OC(=O)C(O)OCCc1ccccc1)c1ccccc1. The van der Waals surface area contributed by atoms with Gasteiger partial charge in [-0.15, -0.1) is 0 Å². The molecule has 4 nitrogen and oxygen atoms in total. The van der Waals surface area contributed by atoms with Crippen molar-refractivity contribution < 1.29 is 19.4 Å². The lowest BCUT2D eigenvalue weighted by Crippen LogP contribution is -2.27. The number of carbonyl (C=O) groups is 1. The molecular weight excluding hydrogens is 280 g/mol. The normalized spacial score (nSPS) is 13.4. The van der Waals surface area contributed by atoms with Gasteiger partial charge in [-0.05, 0) is 24.5 Å². The highest BCUT2D eigenvalue weighted by atomic mass is 16.7. The molecule has 2 atom stereocenters. The first-order chi connectivity index (χ1) is 10.7. The molecule has 116 valence electrons. The molecular formula is C18H20O4. The molecule has 0 aliphatic carbocycles. The molecule has 0 heterocycles. The molecule has 2 aromatic carbocycles. The fourth-order valence-corrected chi connectivity index (χ4v) is 2.03. The number of carbonyl (C=O) groups excluding carboxylic acids is 1. The molecule has 0 amide bonds. The lowest BCUT2D eigenvalue weighted by Gasteiger charge is -2.16. The Morgan fingerprint density at radius 1 is 1.05 bits per heavy atom. The molecule has 0 aliphatic rings. The smallest absolute Gasteiger partial charge is 0.363 e. The van der Waals surface area contributed by atoms with E-state index in [1.807, 2.05) is 60.7 Å². The van der Waals surface area contributed by atoms with Gasteiger partial charge < -0.3 is 14.6 Å². The lowest BCUT2D eigenvalue weighted by molar-refractivity contribution is -0.187. The van der Waals surface area contributed by atoms with Crippen molar-refractivity contribution in [3.05, 3.63) is 71.8 Å². The third-order valence-electron chi connectivity index (χ3n) is 3.27. The van der Waals surface area contributed by atoms with Crippen LogP contribution in [0.3, 0.4) is 0 Å². The summed E-state index contributed by atoms with van der Waals surface area (Å²) < 4.78 is 10.3. The van der Waals surface area contributed by atoms with E-state index in [2.05, 4.69) is 0 Å². The third kappa shape index (κ3) is 4.98. The summed E-state index contributed by atoms with van der Waals surface area (Å²) in [7, 11) is 0. The second kappa shape index (κ2) is 8.32. The zero-order chi connectivity index (χ0) is 15.8. The van der Waals surface area contributed by atoms with Gasteiger partial charge in [-0.25, -0.2) is 4.79 Å². The molecule has 2 rings (SSSR count). The summed E-state index contributed by atoms with van der Waals surface area (Å²) in [5, 5.41) is 9.69. The van der Waals surface area contributed by atoms with E-state index < -0.39 is 18.4 Å². The van der Waals surface area contributed by atoms with Crippen LogP contribution in [0.1, 0.15) is 24.2 Å². The summed E-state index contributed by atoms with van der Waals surface area (Å²) in [6.07, 6.45) is -1.37. The molecule has 0 bridgehead atoms. The average molecular weight is 300 g/mol. The van der Waals surface area contributed by atoms with E-state index in [4.69, 9.17) is 9.47 Å². The van der Waals surface area contributed by atoms with E-state index in [-0.39, 0.29) is 6.61 Å². The van der Waals surface area contributed by atoms with Gasteiger partial charge in [0.05, 0.1) is 6.61 Å². The monoisotopic (exact) mass is 300 g/mol. The minimum Gasteiger partial charge on any atom is -0.454 e. The molecule has 0 radical (unpaired) electrons. The number of esters is 1. The fraction of sp³-hybridized carbons (Fsp3) is 0.278. The first-order valence-corrected chi connectivity index (χ1v) is 7.26. The van der Waals surface area contributed by atoms with E-state index in [0.29, 0.717) is 6.42 Å². The van der Waals surface area contributed by atoms with Crippen LogP contribution in [0.5, 0.6) is 0 Å². The molecule has 0 fully saturated rings. The second-order valence-electron chi connectivity index (χ2n) is 4.95. The Hall–Kier alpha value is -2.17. The Balaban J connectivity index is 1.75. The van der Waals surface area contributed by atoms with E-state index in [1.165, 1.54) is 0 Å². The van der Waals surface area contributed by atoms with Crippen LogP contribution in [-0.2, 0) is 20.7 Å². The number of hydrogen-bond donors (Lipinski definition) is 1. The first kappa shape index (κ1) is 16.2. The number of ether oxygens (including phenoxy) is 2. The highest BCUT2D eigenvalue weighted by Crippen LogP contribution is 2.16. The minimum absolute atomic E-state index is 0.250. The minimum atomic E-state index is -1.56. The number of aliphatic hydroxyl groups excluding tert-OH is 1. The van der Waals surface area contributed by atoms with Crippen molar-refractivity contribution in [1.82, 2.24) is 0 Å². The standard InChI is InChI=1S/C18H20O4/c1-14(16-10-6-3-7-11-16)22-18(20)17(19)21-13-12-15-8-4-2-5-9-15/h2-11,14,17,19H,12-13H2,1H3. The Kier molecular flexibility index (Phi) is 6.13. The fourth-order valence-electron chi connectivity index (χ4n) is 2.03. The van der Waals surface area contributed by atoms with Crippen LogP contribution in [0.15, 0.2) is 60.7 Å². The molecule has 1 N–H and O–H groups in total. The van der Waals surface area contributed by atoms with Crippen LogP contribution in [-0.4, -0.2) is 24.0 Å². The van der Waals surface area contributed by atoms with Gasteiger partial charge in [0, 0.05) is 0 Å². The summed E-state index contributed by atoms with van der Waals surface area (Å²) in [6.45, 7) is 2.00. The van der Waals surface area contributed by atoms with E-state index in [9.17, 15) is 9.90 Å². The van der Waals surface area contributed by atoms with Crippen LogP contribution in [0.25, 0.3) is 0 Å². The first-order valence-electron chi connectivity index (χ1n) is 7.26. The zero-order valence-electron chi connectivity index (χ0n) is 12.5. The van der Waals surface area contributed by atoms with Crippen molar-refractivity contribution in [2.75, 3.05) is 6.61 Å². The summed E-state index contributed by atoms with van der Waals surface area (Å²) in [5.41, 5.74) is 1.95. The van der Waals surface area contributed by atoms with Crippen LogP contribution in [0, 0.1) is 0 Å². The van der Waals surface area contributed by atoms with Gasteiger partial charge in [0.1, 0.15) is 6.10 Å². The molecule has 4 heteroatoms. The molecule has 0 saturated heterocycles. The van der Waals surface area contributed by atoms with Crippen molar-refractivity contribution in [2.45, 2.75) is 25.7 Å². The van der Waals surface area contributed by atoms with Gasteiger partial charge >= 0.3 is 5.97 Å². The second-order valence-corrected chi connectivity index (χ2v) is 4.95. The van der Waals surface area contributed by atoms with Crippen molar-refractivity contribution >= 4 is 5.97 Å². The van der Waals surface area contributed by atoms with Crippen molar-refractivity contribution in [1.29, 1.82) is 0 Å². The number of benzene rings is 2. The summed E-state index contributed by atoms with van der Waals surface area (Å²) in [5.74, 6) is -0.774. The van der Waals surface area contributed by atoms with Crippen LogP contribution in [0.2, 0.25) is 0 Å². The predicted molar refractivity (Wildman–Crippen MR) is 83.1 cm³/mol. The van der Waals surface area contributed by atoms with Crippen molar-refractivity contribution in [2.24, 2.45) is 0 Å². The van der Waals surface area contributed by atoms with E-state index in [1.54, 1.807) is 6.92 Å². The molecule has 22 heavy (non-hydrogen) atoms. The van der Waals surface area contributed by atoms with Crippen LogP contribution < -0.4 is 0 Å². The number of rotatable bonds is 7. The number of hydrogen-bond acceptors (Lipinski definition) is 4. The van der Waals surface area contributed by atoms with Gasteiger partial charge in [0.15, 0.2) is 0 Å². The Morgan fingerprint density at radius 2 is 1.64 bits per heavy atom. The van der Waals surface area contributed by atoms with Gasteiger partial charge in [0.2, 0.25) is 0 Å². The molecule has 0 aliphatic heterocycles. The van der Waals surface area contributed by atoms with Gasteiger partial charge in [-0.2, -0.15) is 0 Å². The maximum absolute atomic E-state index is 11.8. The predicted octanol–water partition coefficient (Wildman–Crippen LogP) is 2.87. The molecule has 0 spiro atoms. The average Bonchev–Trinajstić information content (AvgIpc) is 2.56. The zero-order valence-corrected chi connectivity index (χ0v) is 12.5. The summed E-state index contributed by atoms with van der Waals surface area (Å²) in [6, 6.07) is 19.1. The molecule has 2 unspecified atom stereocenters. The topological polar surface area (TPSA) is 55.8 Å². The Bertz CT molecular complexity index is 568. The number of aliphatic hydroxyl groups is 1. The molecule has 0 aromatic heterocycles. The third-order valence-corrected chi connectivity index (χ3v) is 3.27. The summed E-state index contributed by atoms with van der Waals surface area (Å²) in [4.78, 5) is 11.8. The lowest BCUT2D eigenvalue weighted by atomic mass is 10.1. The summed E-state index contributed by atoms with van der Waals surface area (Å²) >= 11 is 0. The van der Waals surface area contributed by atoms with Crippen LogP contribution >= 0.6 is 0 Å². The Morgan fingerprint density at radius 3 is 2.27 bits per heavy atom. The van der Waals surface area contributed by atoms with Crippen LogP contribution in [0.4, 0.5) is 0 Å². The Labute approximate surface area is 130 Å². The highest BCUT2D eigenvalue weighted by molar-refractivity contribution is 5.73. The maximum Gasteiger partial charge on any atom is 0.363 e. The molecule has 2 aromatic rings. The van der Waals surface area contributed by atoms with Crippen molar-refractivity contribution in [3.63, 3.8) is 0 Å². The highest BCUT2D eigenvalue weighted by Gasteiger charge is 2.20. The van der Waals surface area contributed by atoms with Gasteiger partial charge in [0.25, 0.3) is 6.29 Å². The van der Waals surface area contributed by atoms with Gasteiger partial charge in [-0.1, -0.05) is 60.7 Å². The maximum atomic E-state index is 11.8. The quantitative estimate of drug-likeness (QED) is 0.631. The largest absolute Gasteiger partial charge is 0.454 e.